The number of nitrogens with zero attached hydrogens (tertiary/aromatic N) is 2. The molecule has 2 heterocycles. The van der Waals surface area contributed by atoms with Crippen molar-refractivity contribution in [2.45, 2.75) is 18.9 Å². The summed E-state index contributed by atoms with van der Waals surface area (Å²) in [6.07, 6.45) is 2.42. The summed E-state index contributed by atoms with van der Waals surface area (Å²) in [5.41, 5.74) is 1.63. The van der Waals surface area contributed by atoms with Crippen molar-refractivity contribution >= 4 is 39.9 Å². The maximum absolute atomic E-state index is 6.34. The summed E-state index contributed by atoms with van der Waals surface area (Å²) in [5.74, 6) is 1.37. The van der Waals surface area contributed by atoms with E-state index in [1.807, 2.05) is 30.3 Å². The largest absolute Gasteiger partial charge is 0.376 e. The molecule has 0 aliphatic carbocycles. The van der Waals surface area contributed by atoms with Gasteiger partial charge in [0.25, 0.3) is 0 Å². The summed E-state index contributed by atoms with van der Waals surface area (Å²) < 4.78 is 5.69. The molecule has 1 aliphatic rings. The third-order valence-electron chi connectivity index (χ3n) is 4.30. The summed E-state index contributed by atoms with van der Waals surface area (Å²) in [5, 5.41) is 5.53. The summed E-state index contributed by atoms with van der Waals surface area (Å²) in [6, 6.07) is 13.3. The number of halogens is 2. The van der Waals surface area contributed by atoms with Gasteiger partial charge in [0.05, 0.1) is 16.6 Å². The Labute approximate surface area is 156 Å². The van der Waals surface area contributed by atoms with E-state index in [1.54, 1.807) is 12.1 Å². The highest BCUT2D eigenvalue weighted by molar-refractivity contribution is 6.36. The summed E-state index contributed by atoms with van der Waals surface area (Å²) in [7, 11) is 0. The molecule has 0 radical (unpaired) electrons. The summed E-state index contributed by atoms with van der Waals surface area (Å²) >= 11 is 12.3. The van der Waals surface area contributed by atoms with Gasteiger partial charge < -0.3 is 10.1 Å². The zero-order valence-electron chi connectivity index (χ0n) is 13.5. The zero-order chi connectivity index (χ0) is 17.2. The van der Waals surface area contributed by atoms with Crippen LogP contribution in [0.15, 0.2) is 42.5 Å². The first-order chi connectivity index (χ1) is 12.2. The molecule has 0 bridgehead atoms. The van der Waals surface area contributed by atoms with Gasteiger partial charge in [-0.15, -0.1) is 0 Å². The normalized spacial score (nSPS) is 17.1. The van der Waals surface area contributed by atoms with Gasteiger partial charge >= 0.3 is 0 Å². The van der Waals surface area contributed by atoms with Crippen molar-refractivity contribution in [3.05, 3.63) is 52.5 Å². The Hall–Kier alpha value is -1.88. The molecule has 1 aliphatic heterocycles. The smallest absolute Gasteiger partial charge is 0.163 e. The van der Waals surface area contributed by atoms with E-state index < -0.39 is 0 Å². The molecule has 1 fully saturated rings. The van der Waals surface area contributed by atoms with Gasteiger partial charge in [-0.3, -0.25) is 0 Å². The first-order valence-electron chi connectivity index (χ1n) is 8.28. The van der Waals surface area contributed by atoms with Gasteiger partial charge in [-0.2, -0.15) is 0 Å². The Balaban J connectivity index is 1.74. The third kappa shape index (κ3) is 3.56. The SMILES string of the molecule is Clc1ccc(-c2nc(NCC3CCCO3)c3ccccc3n2)c(Cl)c1. The van der Waals surface area contributed by atoms with Crippen LogP contribution in [0.4, 0.5) is 5.82 Å². The zero-order valence-corrected chi connectivity index (χ0v) is 15.0. The molecule has 1 saturated heterocycles. The lowest BCUT2D eigenvalue weighted by molar-refractivity contribution is 0.120. The molecule has 1 aromatic heterocycles. The van der Waals surface area contributed by atoms with E-state index in [2.05, 4.69) is 10.3 Å². The summed E-state index contributed by atoms with van der Waals surface area (Å²) in [6.45, 7) is 1.57. The lowest BCUT2D eigenvalue weighted by Gasteiger charge is -2.14. The maximum Gasteiger partial charge on any atom is 0.163 e. The monoisotopic (exact) mass is 373 g/mol. The molecule has 1 atom stereocenters. The van der Waals surface area contributed by atoms with Gasteiger partial charge in [0.2, 0.25) is 0 Å². The lowest BCUT2D eigenvalue weighted by atomic mass is 10.1. The molecule has 6 heteroatoms. The van der Waals surface area contributed by atoms with Crippen LogP contribution in [0.25, 0.3) is 22.3 Å². The van der Waals surface area contributed by atoms with E-state index in [1.165, 1.54) is 0 Å². The highest BCUT2D eigenvalue weighted by Crippen LogP contribution is 2.31. The Kier molecular flexibility index (Phi) is 4.75. The Morgan fingerprint density at radius 3 is 2.80 bits per heavy atom. The van der Waals surface area contributed by atoms with Crippen LogP contribution in [0.1, 0.15) is 12.8 Å². The van der Waals surface area contributed by atoms with Gasteiger partial charge in [0, 0.05) is 29.1 Å². The van der Waals surface area contributed by atoms with Crippen LogP contribution >= 0.6 is 23.2 Å². The van der Waals surface area contributed by atoms with Crippen LogP contribution in [-0.4, -0.2) is 29.2 Å². The molecule has 0 amide bonds. The fourth-order valence-corrected chi connectivity index (χ4v) is 3.51. The van der Waals surface area contributed by atoms with Gasteiger partial charge in [-0.05, 0) is 43.2 Å². The van der Waals surface area contributed by atoms with E-state index in [-0.39, 0.29) is 6.10 Å². The van der Waals surface area contributed by atoms with Crippen LogP contribution in [-0.2, 0) is 4.74 Å². The molecular weight excluding hydrogens is 357 g/mol. The number of nitrogens with one attached hydrogen (secondary N) is 1. The van der Waals surface area contributed by atoms with Gasteiger partial charge in [0.1, 0.15) is 5.82 Å². The third-order valence-corrected chi connectivity index (χ3v) is 4.84. The molecule has 25 heavy (non-hydrogen) atoms. The number of fused-ring (bicyclic) bond motifs is 1. The molecule has 4 nitrogen and oxygen atoms in total. The maximum atomic E-state index is 6.34. The second-order valence-corrected chi connectivity index (χ2v) is 6.90. The van der Waals surface area contributed by atoms with Crippen molar-refractivity contribution in [3.63, 3.8) is 0 Å². The van der Waals surface area contributed by atoms with E-state index in [9.17, 15) is 0 Å². The minimum absolute atomic E-state index is 0.233. The first kappa shape index (κ1) is 16.6. The Morgan fingerprint density at radius 1 is 1.12 bits per heavy atom. The van der Waals surface area contributed by atoms with Gasteiger partial charge in [-0.25, -0.2) is 9.97 Å². The van der Waals surface area contributed by atoms with Crippen LogP contribution in [0.2, 0.25) is 10.0 Å². The fraction of sp³-hybridized carbons (Fsp3) is 0.263. The highest BCUT2D eigenvalue weighted by atomic mass is 35.5. The number of para-hydroxylation sites is 1. The quantitative estimate of drug-likeness (QED) is 0.682. The number of hydrogen-bond acceptors (Lipinski definition) is 4. The van der Waals surface area contributed by atoms with Gasteiger partial charge in [-0.1, -0.05) is 35.3 Å². The number of ether oxygens (including phenoxy) is 1. The molecule has 1 unspecified atom stereocenters. The Bertz CT molecular complexity index is 910. The number of anilines is 1. The molecule has 4 rings (SSSR count). The predicted octanol–water partition coefficient (Wildman–Crippen LogP) is 5.19. The second kappa shape index (κ2) is 7.16. The topological polar surface area (TPSA) is 47.0 Å². The fourth-order valence-electron chi connectivity index (χ4n) is 3.02. The minimum atomic E-state index is 0.233. The van der Waals surface area contributed by atoms with Crippen molar-refractivity contribution < 1.29 is 4.74 Å². The van der Waals surface area contributed by atoms with Crippen molar-refractivity contribution in [1.82, 2.24) is 9.97 Å². The van der Waals surface area contributed by atoms with Gasteiger partial charge in [0.15, 0.2) is 5.82 Å². The minimum Gasteiger partial charge on any atom is -0.376 e. The number of rotatable bonds is 4. The Morgan fingerprint density at radius 2 is 2.00 bits per heavy atom. The number of hydrogen-bond donors (Lipinski definition) is 1. The lowest BCUT2D eigenvalue weighted by Crippen LogP contribution is -2.19. The highest BCUT2D eigenvalue weighted by Gasteiger charge is 2.17. The van der Waals surface area contributed by atoms with Crippen LogP contribution in [0.5, 0.6) is 0 Å². The second-order valence-electron chi connectivity index (χ2n) is 6.05. The average molecular weight is 374 g/mol. The molecule has 0 saturated carbocycles. The summed E-state index contributed by atoms with van der Waals surface area (Å²) in [4.78, 5) is 9.38. The molecule has 3 aromatic rings. The van der Waals surface area contributed by atoms with E-state index in [4.69, 9.17) is 32.9 Å². The van der Waals surface area contributed by atoms with E-state index in [0.717, 1.165) is 48.3 Å². The molecule has 1 N–H and O–H groups in total. The average Bonchev–Trinajstić information content (AvgIpc) is 3.13. The van der Waals surface area contributed by atoms with Crippen LogP contribution in [0.3, 0.4) is 0 Å². The molecular formula is C19H17Cl2N3O. The first-order valence-corrected chi connectivity index (χ1v) is 9.04. The van der Waals surface area contributed by atoms with E-state index >= 15 is 0 Å². The van der Waals surface area contributed by atoms with E-state index in [0.29, 0.717) is 15.9 Å². The molecule has 0 spiro atoms. The van der Waals surface area contributed by atoms with Crippen molar-refractivity contribution in [2.75, 3.05) is 18.5 Å². The number of benzene rings is 2. The predicted molar refractivity (Wildman–Crippen MR) is 102 cm³/mol. The molecule has 2 aromatic carbocycles. The standard InChI is InChI=1S/C19H17Cl2N3O/c20-12-7-8-14(16(21)10-12)19-23-17-6-2-1-5-15(17)18(24-19)22-11-13-4-3-9-25-13/h1-2,5-8,10,13H,3-4,9,11H2,(H,22,23,24). The van der Waals surface area contributed by atoms with Crippen LogP contribution < -0.4 is 5.32 Å². The van der Waals surface area contributed by atoms with Crippen molar-refractivity contribution in [1.29, 1.82) is 0 Å². The van der Waals surface area contributed by atoms with Crippen LogP contribution in [0, 0.1) is 0 Å². The van der Waals surface area contributed by atoms with Crippen molar-refractivity contribution in [3.8, 4) is 11.4 Å². The number of aromatic nitrogens is 2. The molecule has 128 valence electrons. The van der Waals surface area contributed by atoms with Crippen molar-refractivity contribution in [2.24, 2.45) is 0 Å².